The quantitative estimate of drug-likeness (QED) is 0.163. The number of para-hydroxylation sites is 2. The molecule has 8 aromatic rings. The first kappa shape index (κ1) is 29.6. The van der Waals surface area contributed by atoms with Gasteiger partial charge in [-0.3, -0.25) is 9.59 Å². The van der Waals surface area contributed by atoms with Gasteiger partial charge in [0.1, 0.15) is 12.7 Å². The number of aromatic nitrogens is 5. The molecule has 0 atom stereocenters. The van der Waals surface area contributed by atoms with E-state index in [1.165, 1.54) is 12.7 Å². The predicted molar refractivity (Wildman–Crippen MR) is 193 cm³/mol. The Hall–Kier alpha value is -6.80. The molecule has 0 spiro atoms. The molecule has 3 aromatic heterocycles. The van der Waals surface area contributed by atoms with Gasteiger partial charge in [0.15, 0.2) is 6.29 Å². The predicted octanol–water partition coefficient (Wildman–Crippen LogP) is 8.45. The summed E-state index contributed by atoms with van der Waals surface area (Å²) in [4.78, 5) is 46.2. The first-order valence-corrected chi connectivity index (χ1v) is 15.7. The van der Waals surface area contributed by atoms with E-state index in [4.69, 9.17) is 0 Å². The van der Waals surface area contributed by atoms with Gasteiger partial charge in [0.25, 0.3) is 5.91 Å². The molecule has 1 amide bonds. The largest absolute Gasteiger partial charge is 0.311 e. The van der Waals surface area contributed by atoms with Crippen molar-refractivity contribution in [3.63, 3.8) is 0 Å². The lowest BCUT2D eigenvalue weighted by molar-refractivity contribution is 0.0986. The van der Waals surface area contributed by atoms with Crippen LogP contribution in [0.4, 0.5) is 5.69 Å². The van der Waals surface area contributed by atoms with Crippen molar-refractivity contribution in [1.29, 1.82) is 0 Å². The van der Waals surface area contributed by atoms with Crippen LogP contribution in [0.3, 0.4) is 0 Å². The molecule has 0 aliphatic rings. The highest BCUT2D eigenvalue weighted by Gasteiger charge is 2.26. The Kier molecular flexibility index (Phi) is 7.50. The van der Waals surface area contributed by atoms with E-state index in [-0.39, 0.29) is 17.0 Å². The van der Waals surface area contributed by atoms with Crippen LogP contribution in [0.25, 0.3) is 60.9 Å². The molecule has 8 rings (SSSR count). The summed E-state index contributed by atoms with van der Waals surface area (Å²) in [7, 11) is 1.73. The molecule has 0 aliphatic carbocycles. The van der Waals surface area contributed by atoms with Crippen LogP contribution in [0.15, 0.2) is 147 Å². The lowest BCUT2D eigenvalue weighted by Gasteiger charge is -2.22. The molecule has 0 bridgehead atoms. The fraction of sp³-hybridized carbons (Fsp3) is 0.0244. The van der Waals surface area contributed by atoms with E-state index in [0.29, 0.717) is 11.4 Å². The van der Waals surface area contributed by atoms with Gasteiger partial charge in [0.2, 0.25) is 0 Å². The van der Waals surface area contributed by atoms with E-state index in [1.807, 2.05) is 91.0 Å². The Labute approximate surface area is 282 Å². The molecule has 8 nitrogen and oxygen atoms in total. The lowest BCUT2D eigenvalue weighted by atomic mass is 10.0. The Morgan fingerprint density at radius 1 is 0.592 bits per heavy atom. The van der Waals surface area contributed by atoms with Crippen molar-refractivity contribution in [3.05, 3.63) is 158 Å². The Balaban J connectivity index is 1.39. The summed E-state index contributed by atoms with van der Waals surface area (Å²) in [5, 5.41) is 1.93. The molecule has 234 valence electrons. The highest BCUT2D eigenvalue weighted by atomic mass is 16.2. The Morgan fingerprint density at radius 2 is 1.12 bits per heavy atom. The maximum Gasteiger partial charge on any atom is 0.260 e. The van der Waals surface area contributed by atoms with Gasteiger partial charge in [0.05, 0.1) is 22.3 Å². The number of carbonyl (C=O) groups is 2. The highest BCUT2D eigenvalue weighted by Crippen LogP contribution is 2.42. The first-order valence-electron chi connectivity index (χ1n) is 15.7. The van der Waals surface area contributed by atoms with E-state index in [9.17, 15) is 9.59 Å². The molecule has 8 heteroatoms. The zero-order chi connectivity index (χ0) is 33.3. The first-order chi connectivity index (χ1) is 24.1. The number of fused-ring (bicyclic) bond motifs is 3. The molecular weight excluding hydrogens is 608 g/mol. The topological polar surface area (TPSA) is 93.9 Å². The van der Waals surface area contributed by atoms with E-state index < -0.39 is 0 Å². The molecule has 0 saturated heterocycles. The molecule has 0 saturated carbocycles. The fourth-order valence-electron chi connectivity index (χ4n) is 6.57. The minimum atomic E-state index is -0.318. The minimum Gasteiger partial charge on any atom is -0.311 e. The van der Waals surface area contributed by atoms with Gasteiger partial charge in [0, 0.05) is 76.1 Å². The van der Waals surface area contributed by atoms with Crippen molar-refractivity contribution < 1.29 is 9.59 Å². The van der Waals surface area contributed by atoms with Gasteiger partial charge in [-0.25, -0.2) is 19.9 Å². The monoisotopic (exact) mass is 636 g/mol. The molecule has 0 unspecified atom stereocenters. The number of nitrogens with zero attached hydrogens (tertiary/aromatic N) is 6. The molecule has 0 N–H and O–H groups in total. The van der Waals surface area contributed by atoms with Gasteiger partial charge in [-0.05, 0) is 29.3 Å². The van der Waals surface area contributed by atoms with Crippen LogP contribution in [-0.2, 0) is 0 Å². The van der Waals surface area contributed by atoms with Gasteiger partial charge in [-0.2, -0.15) is 0 Å². The van der Waals surface area contributed by atoms with Crippen LogP contribution in [0.5, 0.6) is 0 Å². The van der Waals surface area contributed by atoms with Crippen molar-refractivity contribution in [2.75, 3.05) is 11.9 Å². The van der Waals surface area contributed by atoms with E-state index in [1.54, 1.807) is 42.8 Å². The number of anilines is 1. The maximum absolute atomic E-state index is 14.7. The second-order valence-corrected chi connectivity index (χ2v) is 11.6. The second-order valence-electron chi connectivity index (χ2n) is 11.6. The molecule has 5 aromatic carbocycles. The fourth-order valence-corrected chi connectivity index (χ4v) is 6.57. The Bertz CT molecular complexity index is 2380. The third kappa shape index (κ3) is 5.12. The van der Waals surface area contributed by atoms with Crippen molar-refractivity contribution >= 4 is 39.7 Å². The number of hydrogen-bond donors (Lipinski definition) is 0. The number of rotatable bonds is 7. The number of carbonyl (C=O) groups excluding carboxylic acids is 2. The van der Waals surface area contributed by atoms with Crippen molar-refractivity contribution in [2.24, 2.45) is 0 Å². The van der Waals surface area contributed by atoms with Gasteiger partial charge < -0.3 is 9.47 Å². The number of hydrogen-bond acceptors (Lipinski definition) is 6. The molecule has 0 fully saturated rings. The van der Waals surface area contributed by atoms with Gasteiger partial charge in [-0.15, -0.1) is 0 Å². The molecule has 0 radical (unpaired) electrons. The third-order valence-corrected chi connectivity index (χ3v) is 8.88. The summed E-state index contributed by atoms with van der Waals surface area (Å²) in [5.74, 6) is -0.318. The van der Waals surface area contributed by atoms with Crippen LogP contribution < -0.4 is 4.90 Å². The summed E-state index contributed by atoms with van der Waals surface area (Å²) in [6.45, 7) is 0. The Morgan fingerprint density at radius 3 is 1.67 bits per heavy atom. The van der Waals surface area contributed by atoms with Crippen LogP contribution in [-0.4, -0.2) is 43.7 Å². The van der Waals surface area contributed by atoms with Crippen molar-refractivity contribution in [1.82, 2.24) is 24.5 Å². The zero-order valence-corrected chi connectivity index (χ0v) is 26.4. The average Bonchev–Trinajstić information content (AvgIpc) is 3.53. The maximum atomic E-state index is 14.7. The summed E-state index contributed by atoms with van der Waals surface area (Å²) in [6, 6.07) is 35.5. The van der Waals surface area contributed by atoms with Gasteiger partial charge >= 0.3 is 0 Å². The highest BCUT2D eigenvalue weighted by molar-refractivity contribution is 6.19. The summed E-state index contributed by atoms with van der Waals surface area (Å²) in [6.07, 6.45) is 10.8. The third-order valence-electron chi connectivity index (χ3n) is 8.88. The molecule has 49 heavy (non-hydrogen) atoms. The number of aldehydes is 1. The second kappa shape index (κ2) is 12.4. The minimum absolute atomic E-state index is 0.282. The van der Waals surface area contributed by atoms with Crippen molar-refractivity contribution in [3.8, 4) is 39.1 Å². The smallest absolute Gasteiger partial charge is 0.260 e. The van der Waals surface area contributed by atoms with Crippen LogP contribution in [0.2, 0.25) is 0 Å². The number of amides is 1. The lowest BCUT2D eigenvalue weighted by Crippen LogP contribution is -2.28. The normalized spacial score (nSPS) is 11.1. The zero-order valence-electron chi connectivity index (χ0n) is 26.4. The van der Waals surface area contributed by atoms with Crippen LogP contribution in [0, 0.1) is 0 Å². The average molecular weight is 637 g/mol. The molecule has 3 heterocycles. The van der Waals surface area contributed by atoms with E-state index >= 15 is 0 Å². The van der Waals surface area contributed by atoms with E-state index in [2.05, 4.69) is 36.6 Å². The summed E-state index contributed by atoms with van der Waals surface area (Å²) < 4.78 is 2.09. The SMILES string of the molecule is CN(C(=O)c1c(C=O)cccc1-n1c2c(-c3cncnc3)cccc2c2cccc(-c3cncnc3)c21)c1ccc(-c2ccccc2)cc1. The molecular formula is C41H28N6O2. The summed E-state index contributed by atoms with van der Waals surface area (Å²) >= 11 is 0. The number of benzene rings is 5. The van der Waals surface area contributed by atoms with Gasteiger partial charge in [-0.1, -0.05) is 91.0 Å². The standard InChI is InChI=1S/C41H28N6O2/c1-46(32-18-16-28(17-19-32)27-8-3-2-4-9-27)41(49)38-29(24-48)10-5-15-37(38)47-39-33(30-20-42-25-43-21-30)11-6-13-35(39)36-14-7-12-34(40(36)47)31-22-44-26-45-23-31/h2-26H,1H3. The molecule has 0 aliphatic heterocycles. The van der Waals surface area contributed by atoms with Crippen LogP contribution >= 0.6 is 0 Å². The van der Waals surface area contributed by atoms with Crippen molar-refractivity contribution in [2.45, 2.75) is 0 Å². The van der Waals surface area contributed by atoms with Crippen LogP contribution in [0.1, 0.15) is 20.7 Å². The van der Waals surface area contributed by atoms with E-state index in [0.717, 1.165) is 61.5 Å². The summed E-state index contributed by atoms with van der Waals surface area (Å²) in [5.41, 5.74) is 9.05.